The Morgan fingerprint density at radius 1 is 0.607 bits per heavy atom. The molecular formula is C18H34N4O4S2. The molecule has 0 radical (unpaired) electrons. The minimum atomic E-state index is -0.500. The largest absolute Gasteiger partial charge is 0.338 e. The maximum absolute atomic E-state index is 11.6. The molecule has 0 aromatic rings. The second-order valence-electron chi connectivity index (χ2n) is 6.25. The van der Waals surface area contributed by atoms with E-state index in [0.29, 0.717) is 13.1 Å². The zero-order valence-electron chi connectivity index (χ0n) is 16.9. The summed E-state index contributed by atoms with van der Waals surface area (Å²) in [6, 6.07) is -0.999. The van der Waals surface area contributed by atoms with Crippen LogP contribution in [0, 0.1) is 0 Å². The van der Waals surface area contributed by atoms with E-state index >= 15 is 0 Å². The number of imide groups is 2. The topological polar surface area (TPSA) is 116 Å². The van der Waals surface area contributed by atoms with E-state index in [2.05, 4.69) is 35.1 Å². The highest BCUT2D eigenvalue weighted by molar-refractivity contribution is 8.77. The number of rotatable bonds is 15. The van der Waals surface area contributed by atoms with Crippen LogP contribution in [0.3, 0.4) is 0 Å². The lowest BCUT2D eigenvalue weighted by Crippen LogP contribution is -2.41. The van der Waals surface area contributed by atoms with Gasteiger partial charge in [0.05, 0.1) is 11.5 Å². The van der Waals surface area contributed by atoms with Gasteiger partial charge in [-0.25, -0.2) is 9.59 Å². The number of carbonyl (C=O) groups excluding carboxylic acids is 4. The molecule has 0 bridgehead atoms. The Kier molecular flexibility index (Phi) is 18.0. The van der Waals surface area contributed by atoms with Crippen LogP contribution in [0.25, 0.3) is 0 Å². The van der Waals surface area contributed by atoms with E-state index in [1.54, 1.807) is 0 Å². The fourth-order valence-corrected chi connectivity index (χ4v) is 3.78. The predicted octanol–water partition coefficient (Wildman–Crippen LogP) is 3.18. The van der Waals surface area contributed by atoms with Gasteiger partial charge in [-0.1, -0.05) is 74.0 Å². The third kappa shape index (κ3) is 18.0. The number of nitrogens with one attached hydrogen (secondary N) is 4. The summed E-state index contributed by atoms with van der Waals surface area (Å²) >= 11 is 0. The molecule has 0 saturated heterocycles. The summed E-state index contributed by atoms with van der Waals surface area (Å²) in [6.45, 7) is 5.31. The number of urea groups is 2. The van der Waals surface area contributed by atoms with Crippen molar-refractivity contribution in [1.82, 2.24) is 21.3 Å². The lowest BCUT2D eigenvalue weighted by Gasteiger charge is -2.07. The van der Waals surface area contributed by atoms with Crippen molar-refractivity contribution >= 4 is 45.5 Å². The summed E-state index contributed by atoms with van der Waals surface area (Å²) in [5, 5.41) is 9.75. The number of carbonyl (C=O) groups is 4. The Hall–Kier alpha value is -1.42. The molecule has 10 heteroatoms. The first-order chi connectivity index (χ1) is 13.5. The Morgan fingerprint density at radius 2 is 1.00 bits per heavy atom. The molecule has 6 amide bonds. The number of hydrogen-bond acceptors (Lipinski definition) is 6. The van der Waals surface area contributed by atoms with Gasteiger partial charge < -0.3 is 10.6 Å². The molecular weight excluding hydrogens is 400 g/mol. The first kappa shape index (κ1) is 26.6. The number of amides is 6. The molecule has 0 saturated carbocycles. The third-order valence-electron chi connectivity index (χ3n) is 3.60. The predicted molar refractivity (Wildman–Crippen MR) is 116 cm³/mol. The van der Waals surface area contributed by atoms with Crippen LogP contribution in [0.2, 0.25) is 0 Å². The van der Waals surface area contributed by atoms with Gasteiger partial charge in [0.2, 0.25) is 11.8 Å². The maximum atomic E-state index is 11.6. The summed E-state index contributed by atoms with van der Waals surface area (Å²) in [6.07, 6.45) is 8.40. The highest BCUT2D eigenvalue weighted by Crippen LogP contribution is 2.19. The van der Waals surface area contributed by atoms with Gasteiger partial charge in [-0.3, -0.25) is 20.2 Å². The Labute approximate surface area is 175 Å². The molecule has 0 rings (SSSR count). The molecule has 0 heterocycles. The average molecular weight is 435 g/mol. The molecule has 162 valence electrons. The molecule has 28 heavy (non-hydrogen) atoms. The first-order valence-electron chi connectivity index (χ1n) is 9.89. The van der Waals surface area contributed by atoms with Crippen molar-refractivity contribution in [2.45, 2.75) is 65.2 Å². The van der Waals surface area contributed by atoms with E-state index in [0.717, 1.165) is 73.0 Å². The minimum Gasteiger partial charge on any atom is -0.338 e. The molecule has 0 spiro atoms. The van der Waals surface area contributed by atoms with Crippen LogP contribution in [0.1, 0.15) is 65.2 Å². The van der Waals surface area contributed by atoms with Gasteiger partial charge in [-0.05, 0) is 12.8 Å². The van der Waals surface area contributed by atoms with Gasteiger partial charge in [0.25, 0.3) is 0 Å². The molecule has 4 N–H and O–H groups in total. The van der Waals surface area contributed by atoms with Crippen molar-refractivity contribution in [2.24, 2.45) is 0 Å². The fourth-order valence-electron chi connectivity index (χ4n) is 2.11. The first-order valence-corrected chi connectivity index (χ1v) is 12.4. The Morgan fingerprint density at radius 3 is 1.36 bits per heavy atom. The molecule has 0 aliphatic rings. The van der Waals surface area contributed by atoms with Crippen molar-refractivity contribution in [3.8, 4) is 0 Å². The number of unbranched alkanes of at least 4 members (excludes halogenated alkanes) is 6. The molecule has 0 aromatic carbocycles. The normalized spacial score (nSPS) is 10.2. The van der Waals surface area contributed by atoms with E-state index in [1.165, 1.54) is 0 Å². The van der Waals surface area contributed by atoms with Gasteiger partial charge in [0, 0.05) is 13.1 Å². The monoisotopic (exact) mass is 434 g/mol. The van der Waals surface area contributed by atoms with E-state index in [4.69, 9.17) is 0 Å². The smallest absolute Gasteiger partial charge is 0.321 e. The van der Waals surface area contributed by atoms with Gasteiger partial charge in [0.15, 0.2) is 0 Å². The quantitative estimate of drug-likeness (QED) is 0.232. The van der Waals surface area contributed by atoms with Crippen LogP contribution in [-0.2, 0) is 9.59 Å². The molecule has 0 unspecified atom stereocenters. The van der Waals surface area contributed by atoms with Crippen molar-refractivity contribution in [1.29, 1.82) is 0 Å². The highest BCUT2D eigenvalue weighted by Gasteiger charge is 2.10. The van der Waals surface area contributed by atoms with E-state index in [-0.39, 0.29) is 11.5 Å². The van der Waals surface area contributed by atoms with Crippen molar-refractivity contribution in [3.05, 3.63) is 0 Å². The van der Waals surface area contributed by atoms with Crippen LogP contribution >= 0.6 is 21.6 Å². The van der Waals surface area contributed by atoms with Gasteiger partial charge in [-0.15, -0.1) is 0 Å². The Balaban J connectivity index is 3.63. The van der Waals surface area contributed by atoms with Gasteiger partial charge in [0.1, 0.15) is 0 Å². The van der Waals surface area contributed by atoms with Crippen molar-refractivity contribution < 1.29 is 19.2 Å². The zero-order chi connectivity index (χ0) is 21.0. The fraction of sp³-hybridized carbons (Fsp3) is 0.778. The summed E-state index contributed by atoms with van der Waals surface area (Å²) in [7, 11) is 2.31. The zero-order valence-corrected chi connectivity index (χ0v) is 18.6. The van der Waals surface area contributed by atoms with Gasteiger partial charge in [-0.2, -0.15) is 0 Å². The van der Waals surface area contributed by atoms with Crippen molar-refractivity contribution in [2.75, 3.05) is 24.6 Å². The third-order valence-corrected chi connectivity index (χ3v) is 5.73. The molecule has 0 aliphatic heterocycles. The Bertz CT molecular complexity index is 437. The van der Waals surface area contributed by atoms with Crippen LogP contribution in [0.4, 0.5) is 9.59 Å². The lowest BCUT2D eigenvalue weighted by molar-refractivity contribution is -0.118. The van der Waals surface area contributed by atoms with E-state index in [1.807, 2.05) is 0 Å². The summed E-state index contributed by atoms with van der Waals surface area (Å²) < 4.78 is 0. The van der Waals surface area contributed by atoms with Crippen molar-refractivity contribution in [3.63, 3.8) is 0 Å². The van der Waals surface area contributed by atoms with Crippen LogP contribution in [0.5, 0.6) is 0 Å². The molecule has 0 aliphatic carbocycles. The lowest BCUT2D eigenvalue weighted by atomic mass is 10.2. The summed E-state index contributed by atoms with van der Waals surface area (Å²) in [4.78, 5) is 46.3. The minimum absolute atomic E-state index is 0.0465. The standard InChI is InChI=1S/C18H34N4O4S2/c1-3-5-7-9-11-19-17(25)21-15(23)13-27-28-14-16(24)22-18(26)20-12-10-8-6-4-2/h3-14H2,1-2H3,(H2,19,21,23,25)(H2,20,22,24,26). The van der Waals surface area contributed by atoms with Crippen LogP contribution < -0.4 is 21.3 Å². The summed E-state index contributed by atoms with van der Waals surface area (Å²) in [5.41, 5.74) is 0. The molecule has 0 atom stereocenters. The second-order valence-corrected chi connectivity index (χ2v) is 8.72. The van der Waals surface area contributed by atoms with E-state index < -0.39 is 23.9 Å². The van der Waals surface area contributed by atoms with Crippen LogP contribution in [-0.4, -0.2) is 48.5 Å². The molecule has 0 aromatic heterocycles. The molecule has 0 fully saturated rings. The summed E-state index contributed by atoms with van der Waals surface area (Å²) in [5.74, 6) is -0.752. The van der Waals surface area contributed by atoms with Gasteiger partial charge >= 0.3 is 12.1 Å². The maximum Gasteiger partial charge on any atom is 0.321 e. The average Bonchev–Trinajstić information content (AvgIpc) is 2.65. The second kappa shape index (κ2) is 18.9. The van der Waals surface area contributed by atoms with Crippen LogP contribution in [0.15, 0.2) is 0 Å². The van der Waals surface area contributed by atoms with E-state index in [9.17, 15) is 19.2 Å². The molecule has 8 nitrogen and oxygen atoms in total. The number of hydrogen-bond donors (Lipinski definition) is 4. The highest BCUT2D eigenvalue weighted by atomic mass is 33.1. The SMILES string of the molecule is CCCCCCNC(=O)NC(=O)CSSCC(=O)NC(=O)NCCCCCC.